The van der Waals surface area contributed by atoms with Gasteiger partial charge >= 0.3 is 0 Å². The maximum Gasteiger partial charge on any atom is 0.164 e. The SMILES string of the molecule is C=CC=C.Cc1ccc(SNc2cc3ccccc3c3c2[N+](C)(C)CC=C3)cc1. The van der Waals surface area contributed by atoms with Gasteiger partial charge in [0, 0.05) is 10.5 Å². The van der Waals surface area contributed by atoms with Crippen LogP contribution in [0.1, 0.15) is 11.1 Å². The van der Waals surface area contributed by atoms with E-state index in [1.165, 1.54) is 38.2 Å². The Labute approximate surface area is 179 Å². The van der Waals surface area contributed by atoms with Crippen molar-refractivity contribution in [1.82, 2.24) is 4.48 Å². The Morgan fingerprint density at radius 2 is 1.69 bits per heavy atom. The summed E-state index contributed by atoms with van der Waals surface area (Å²) in [5, 5.41) is 2.60. The van der Waals surface area contributed by atoms with Gasteiger partial charge < -0.3 is 4.72 Å². The lowest BCUT2D eigenvalue weighted by atomic mass is 9.97. The zero-order valence-corrected chi connectivity index (χ0v) is 18.3. The Balaban J connectivity index is 0.000000552. The van der Waals surface area contributed by atoms with Crippen molar-refractivity contribution < 1.29 is 0 Å². The molecule has 0 saturated carbocycles. The van der Waals surface area contributed by atoms with E-state index >= 15 is 0 Å². The molecule has 2 nitrogen and oxygen atoms in total. The predicted molar refractivity (Wildman–Crippen MR) is 133 cm³/mol. The molecule has 1 N–H and O–H groups in total. The second kappa shape index (κ2) is 9.17. The molecule has 1 heterocycles. The number of allylic oxidation sites excluding steroid dienone is 2. The fourth-order valence-electron chi connectivity index (χ4n) is 3.51. The lowest BCUT2D eigenvalue weighted by Crippen LogP contribution is -2.42. The molecule has 0 aromatic heterocycles. The first-order valence-electron chi connectivity index (χ1n) is 9.75. The van der Waals surface area contributed by atoms with Gasteiger partial charge in [0.2, 0.25) is 0 Å². The van der Waals surface area contributed by atoms with E-state index in [4.69, 9.17) is 0 Å². The van der Waals surface area contributed by atoms with Gasteiger partial charge in [0.15, 0.2) is 5.69 Å². The van der Waals surface area contributed by atoms with Crippen LogP contribution in [0.4, 0.5) is 11.4 Å². The fourth-order valence-corrected chi connectivity index (χ4v) is 4.16. The lowest BCUT2D eigenvalue weighted by molar-refractivity contribution is 0.440. The fraction of sp³-hybridized carbons (Fsp3) is 0.154. The summed E-state index contributed by atoms with van der Waals surface area (Å²) >= 11 is 1.68. The topological polar surface area (TPSA) is 12.0 Å². The van der Waals surface area contributed by atoms with Gasteiger partial charge in [0.25, 0.3) is 0 Å². The number of benzene rings is 3. The third-order valence-corrected chi connectivity index (χ3v) is 5.81. The molecule has 0 amide bonds. The van der Waals surface area contributed by atoms with Crippen LogP contribution in [-0.4, -0.2) is 20.6 Å². The molecule has 148 valence electrons. The third-order valence-electron chi connectivity index (χ3n) is 4.98. The highest BCUT2D eigenvalue weighted by Gasteiger charge is 2.29. The molecule has 1 aliphatic rings. The van der Waals surface area contributed by atoms with Crippen molar-refractivity contribution in [2.75, 3.05) is 25.4 Å². The van der Waals surface area contributed by atoms with E-state index in [9.17, 15) is 0 Å². The van der Waals surface area contributed by atoms with Crippen LogP contribution in [0.15, 0.2) is 90.9 Å². The first-order chi connectivity index (χ1) is 14.0. The Morgan fingerprint density at radius 1 is 1.00 bits per heavy atom. The van der Waals surface area contributed by atoms with E-state index in [0.717, 1.165) is 11.0 Å². The van der Waals surface area contributed by atoms with E-state index in [1.54, 1.807) is 24.1 Å². The van der Waals surface area contributed by atoms with Crippen molar-refractivity contribution in [3.05, 3.63) is 97.1 Å². The molecule has 0 saturated heterocycles. The van der Waals surface area contributed by atoms with Crippen LogP contribution >= 0.6 is 11.9 Å². The highest BCUT2D eigenvalue weighted by atomic mass is 32.2. The van der Waals surface area contributed by atoms with Crippen LogP contribution < -0.4 is 9.21 Å². The van der Waals surface area contributed by atoms with Crippen molar-refractivity contribution in [2.45, 2.75) is 11.8 Å². The highest BCUT2D eigenvalue weighted by Crippen LogP contribution is 2.43. The zero-order valence-electron chi connectivity index (χ0n) is 17.5. The molecule has 4 rings (SSSR count). The molecule has 0 fully saturated rings. The number of nitrogens with zero attached hydrogens (tertiary/aromatic N) is 1. The summed E-state index contributed by atoms with van der Waals surface area (Å²) in [6.07, 6.45) is 7.84. The zero-order chi connectivity index (χ0) is 20.9. The second-order valence-corrected chi connectivity index (χ2v) is 8.55. The minimum Gasteiger partial charge on any atom is -0.321 e. The Bertz CT molecular complexity index is 1040. The van der Waals surface area contributed by atoms with Gasteiger partial charge in [-0.05, 0) is 60.0 Å². The smallest absolute Gasteiger partial charge is 0.164 e. The average molecular weight is 402 g/mol. The Morgan fingerprint density at radius 3 is 2.38 bits per heavy atom. The summed E-state index contributed by atoms with van der Waals surface area (Å²) in [6.45, 7) is 9.85. The summed E-state index contributed by atoms with van der Waals surface area (Å²) in [6, 6.07) is 19.6. The highest BCUT2D eigenvalue weighted by molar-refractivity contribution is 8.00. The number of anilines is 1. The molecule has 0 unspecified atom stereocenters. The van der Waals surface area contributed by atoms with E-state index in [2.05, 4.69) is 106 Å². The summed E-state index contributed by atoms with van der Waals surface area (Å²) in [7, 11) is 4.55. The minimum atomic E-state index is 0.855. The number of likely N-dealkylation sites (N-methyl/N-ethyl adjacent to an activating group) is 1. The van der Waals surface area contributed by atoms with Gasteiger partial charge in [0.05, 0.1) is 14.1 Å². The van der Waals surface area contributed by atoms with Gasteiger partial charge in [0.1, 0.15) is 12.2 Å². The van der Waals surface area contributed by atoms with Gasteiger partial charge in [-0.1, -0.05) is 67.3 Å². The molecule has 0 aliphatic carbocycles. The summed E-state index contributed by atoms with van der Waals surface area (Å²) in [4.78, 5) is 1.23. The minimum absolute atomic E-state index is 0.855. The van der Waals surface area contributed by atoms with Gasteiger partial charge in [-0.2, -0.15) is 0 Å². The van der Waals surface area contributed by atoms with E-state index in [-0.39, 0.29) is 0 Å². The van der Waals surface area contributed by atoms with Crippen LogP contribution in [0.2, 0.25) is 0 Å². The quantitative estimate of drug-likeness (QED) is 0.281. The molecule has 3 aromatic carbocycles. The molecule has 0 bridgehead atoms. The van der Waals surface area contributed by atoms with Crippen molar-refractivity contribution >= 4 is 40.2 Å². The van der Waals surface area contributed by atoms with Crippen LogP contribution in [-0.2, 0) is 0 Å². The molecular weight excluding hydrogens is 372 g/mol. The van der Waals surface area contributed by atoms with Crippen LogP contribution in [0.25, 0.3) is 16.8 Å². The monoisotopic (exact) mass is 401 g/mol. The third kappa shape index (κ3) is 4.81. The molecule has 0 atom stereocenters. The average Bonchev–Trinajstić information content (AvgIpc) is 2.73. The van der Waals surface area contributed by atoms with Crippen molar-refractivity contribution in [1.29, 1.82) is 0 Å². The maximum absolute atomic E-state index is 3.62. The summed E-state index contributed by atoms with van der Waals surface area (Å²) < 4.78 is 4.48. The molecule has 3 aromatic rings. The van der Waals surface area contributed by atoms with Crippen molar-refractivity contribution in [3.63, 3.8) is 0 Å². The van der Waals surface area contributed by atoms with Gasteiger partial charge in [-0.15, -0.1) is 0 Å². The van der Waals surface area contributed by atoms with E-state index in [1.807, 2.05) is 0 Å². The largest absolute Gasteiger partial charge is 0.321 e. The number of aryl methyl sites for hydroxylation is 1. The number of nitrogens with one attached hydrogen (secondary N) is 1. The molecular formula is C26H29N2S+. The maximum atomic E-state index is 3.62. The predicted octanol–water partition coefficient (Wildman–Crippen LogP) is 7.22. The van der Waals surface area contributed by atoms with Crippen molar-refractivity contribution in [3.8, 4) is 0 Å². The molecule has 1 aliphatic heterocycles. The summed E-state index contributed by atoms with van der Waals surface area (Å²) in [5.74, 6) is 0. The second-order valence-electron chi connectivity index (χ2n) is 7.67. The standard InChI is InChI=1S/C22H23N2S.C4H6/c1-16-10-12-18(13-11-16)25-23-21-15-17-7-4-5-8-19(17)20-9-6-14-24(2,3)22(20)21;1-3-4-2/h4-13,15,23H,14H2,1-3H3;3-4H,1-2H2/q+1;. The van der Waals surface area contributed by atoms with Crippen LogP contribution in [0.3, 0.4) is 0 Å². The molecule has 0 radical (unpaired) electrons. The Kier molecular flexibility index (Phi) is 6.63. The Hall–Kier alpha value is -2.75. The molecule has 0 spiro atoms. The number of fused-ring (bicyclic) bond motifs is 3. The lowest BCUT2D eigenvalue weighted by Gasteiger charge is -2.34. The van der Waals surface area contributed by atoms with Gasteiger partial charge in [-0.25, -0.2) is 0 Å². The first kappa shape index (κ1) is 21.0. The molecule has 3 heteroatoms. The van der Waals surface area contributed by atoms with Gasteiger partial charge in [-0.3, -0.25) is 4.48 Å². The number of hydrogen-bond acceptors (Lipinski definition) is 2. The summed E-state index contributed by atoms with van der Waals surface area (Å²) in [5.41, 5.74) is 5.19. The van der Waals surface area contributed by atoms with Crippen LogP contribution in [0, 0.1) is 6.92 Å². The number of rotatable bonds is 4. The first-order valence-corrected chi connectivity index (χ1v) is 10.6. The molecule has 29 heavy (non-hydrogen) atoms. The normalized spacial score (nSPS) is 13.8. The van der Waals surface area contributed by atoms with E-state index in [0.29, 0.717) is 0 Å². The van der Waals surface area contributed by atoms with Crippen molar-refractivity contribution in [2.24, 2.45) is 0 Å². The van der Waals surface area contributed by atoms with E-state index < -0.39 is 0 Å². The number of quaternary nitrogens is 1. The number of hydrogen-bond donors (Lipinski definition) is 1. The van der Waals surface area contributed by atoms with Crippen LogP contribution in [0.5, 0.6) is 0 Å².